The van der Waals surface area contributed by atoms with Crippen LogP contribution in [-0.2, 0) is 6.42 Å². The van der Waals surface area contributed by atoms with E-state index in [4.69, 9.17) is 4.98 Å². The van der Waals surface area contributed by atoms with E-state index in [1.165, 1.54) is 5.56 Å². The van der Waals surface area contributed by atoms with Gasteiger partial charge in [-0.15, -0.1) is 0 Å². The van der Waals surface area contributed by atoms with Crippen molar-refractivity contribution in [3.63, 3.8) is 0 Å². The van der Waals surface area contributed by atoms with Crippen LogP contribution in [0, 0.1) is 0 Å². The number of hydrogen-bond acceptors (Lipinski definition) is 3. The summed E-state index contributed by atoms with van der Waals surface area (Å²) in [4.78, 5) is 4.74. The fourth-order valence-electron chi connectivity index (χ4n) is 2.59. The molecule has 1 N–H and O–H groups in total. The van der Waals surface area contributed by atoms with Gasteiger partial charge in [-0.1, -0.05) is 30.3 Å². The summed E-state index contributed by atoms with van der Waals surface area (Å²) in [6.07, 6.45) is 6.22. The first kappa shape index (κ1) is 10.6. The molecule has 4 heteroatoms. The largest absolute Gasteiger partial charge is 0.370 e. The van der Waals surface area contributed by atoms with Crippen LogP contribution in [0.2, 0.25) is 0 Å². The quantitative estimate of drug-likeness (QED) is 0.722. The van der Waals surface area contributed by atoms with Crippen LogP contribution in [0.4, 0.5) is 5.82 Å². The van der Waals surface area contributed by atoms with Crippen LogP contribution in [0.25, 0.3) is 16.8 Å². The molecule has 0 spiro atoms. The van der Waals surface area contributed by atoms with E-state index in [2.05, 4.69) is 28.7 Å². The zero-order chi connectivity index (χ0) is 12.7. The Bertz CT molecular complexity index is 730. The molecule has 1 aliphatic rings. The van der Waals surface area contributed by atoms with Gasteiger partial charge in [0.15, 0.2) is 5.65 Å². The number of fused-ring (bicyclic) bond motifs is 2. The van der Waals surface area contributed by atoms with Crippen molar-refractivity contribution in [1.82, 2.24) is 14.6 Å². The maximum Gasteiger partial charge on any atom is 0.165 e. The lowest BCUT2D eigenvalue weighted by atomic mass is 10.1. The summed E-state index contributed by atoms with van der Waals surface area (Å²) in [7, 11) is 0. The van der Waals surface area contributed by atoms with E-state index in [1.54, 1.807) is 0 Å². The van der Waals surface area contributed by atoms with Crippen LogP contribution in [0.15, 0.2) is 42.7 Å². The molecule has 19 heavy (non-hydrogen) atoms. The minimum Gasteiger partial charge on any atom is -0.370 e. The Kier molecular flexibility index (Phi) is 2.27. The van der Waals surface area contributed by atoms with Crippen molar-refractivity contribution >= 4 is 11.5 Å². The number of rotatable bonds is 1. The molecule has 0 bridgehead atoms. The predicted octanol–water partition coefficient (Wildman–Crippen LogP) is 2.75. The Labute approximate surface area is 111 Å². The van der Waals surface area contributed by atoms with Crippen LogP contribution in [0.1, 0.15) is 12.0 Å². The minimum atomic E-state index is 0.916. The van der Waals surface area contributed by atoms with Crippen molar-refractivity contribution in [2.75, 3.05) is 11.9 Å². The molecule has 0 aliphatic carbocycles. The maximum atomic E-state index is 4.74. The smallest absolute Gasteiger partial charge is 0.165 e. The van der Waals surface area contributed by atoms with E-state index in [0.29, 0.717) is 0 Å². The molecule has 0 amide bonds. The molecule has 0 unspecified atom stereocenters. The Morgan fingerprint density at radius 3 is 2.95 bits per heavy atom. The molecule has 0 saturated carbocycles. The second-order valence-corrected chi connectivity index (χ2v) is 4.84. The SMILES string of the molecule is c1ccc(-c2cnn3cc4c(nc23)NCCC4)cc1. The number of aromatic nitrogens is 3. The maximum absolute atomic E-state index is 4.74. The molecular formula is C15H14N4. The lowest BCUT2D eigenvalue weighted by Crippen LogP contribution is -2.14. The summed E-state index contributed by atoms with van der Waals surface area (Å²) in [6, 6.07) is 10.3. The van der Waals surface area contributed by atoms with Gasteiger partial charge in [-0.3, -0.25) is 0 Å². The third-order valence-electron chi connectivity index (χ3n) is 3.57. The third-order valence-corrected chi connectivity index (χ3v) is 3.57. The van der Waals surface area contributed by atoms with Gasteiger partial charge in [0.2, 0.25) is 0 Å². The first-order valence-corrected chi connectivity index (χ1v) is 6.58. The lowest BCUT2D eigenvalue weighted by Gasteiger charge is -2.16. The molecule has 1 aliphatic heterocycles. The molecule has 0 fully saturated rings. The molecule has 0 atom stereocenters. The van der Waals surface area contributed by atoms with Crippen molar-refractivity contribution in [3.05, 3.63) is 48.3 Å². The standard InChI is InChI=1S/C15H14N4/c1-2-5-11(6-3-1)13-9-17-19-10-12-7-4-8-16-14(12)18-15(13)19/h1-3,5-6,9-10H,4,7-8H2,(H,16,18). The zero-order valence-corrected chi connectivity index (χ0v) is 10.5. The highest BCUT2D eigenvalue weighted by atomic mass is 15.3. The summed E-state index contributed by atoms with van der Waals surface area (Å²) >= 11 is 0. The van der Waals surface area contributed by atoms with Crippen LogP contribution < -0.4 is 5.32 Å². The van der Waals surface area contributed by atoms with Gasteiger partial charge in [0.05, 0.1) is 6.20 Å². The highest BCUT2D eigenvalue weighted by molar-refractivity contribution is 5.78. The molecule has 0 saturated heterocycles. The summed E-state index contributed by atoms with van der Waals surface area (Å²) in [5.41, 5.74) is 4.40. The molecule has 94 valence electrons. The van der Waals surface area contributed by atoms with Crippen LogP contribution >= 0.6 is 0 Å². The predicted molar refractivity (Wildman–Crippen MR) is 75.2 cm³/mol. The van der Waals surface area contributed by atoms with E-state index in [-0.39, 0.29) is 0 Å². The fraction of sp³-hybridized carbons (Fsp3) is 0.200. The fourth-order valence-corrected chi connectivity index (χ4v) is 2.59. The van der Waals surface area contributed by atoms with Gasteiger partial charge < -0.3 is 5.32 Å². The van der Waals surface area contributed by atoms with E-state index >= 15 is 0 Å². The molecule has 4 nitrogen and oxygen atoms in total. The molecule has 1 aromatic carbocycles. The number of hydrogen-bond donors (Lipinski definition) is 1. The molecule has 0 radical (unpaired) electrons. The van der Waals surface area contributed by atoms with Crippen molar-refractivity contribution in [3.8, 4) is 11.1 Å². The van der Waals surface area contributed by atoms with E-state index in [9.17, 15) is 0 Å². The van der Waals surface area contributed by atoms with Crippen LogP contribution in [0.3, 0.4) is 0 Å². The van der Waals surface area contributed by atoms with Crippen molar-refractivity contribution in [2.45, 2.75) is 12.8 Å². The van der Waals surface area contributed by atoms with E-state index < -0.39 is 0 Å². The van der Waals surface area contributed by atoms with Gasteiger partial charge >= 0.3 is 0 Å². The van der Waals surface area contributed by atoms with Crippen molar-refractivity contribution in [2.24, 2.45) is 0 Å². The number of benzene rings is 1. The minimum absolute atomic E-state index is 0.916. The Balaban J connectivity index is 1.94. The Morgan fingerprint density at radius 2 is 2.05 bits per heavy atom. The van der Waals surface area contributed by atoms with Crippen LogP contribution in [0.5, 0.6) is 0 Å². The molecule has 4 rings (SSSR count). The topological polar surface area (TPSA) is 42.2 Å². The first-order valence-electron chi connectivity index (χ1n) is 6.58. The van der Waals surface area contributed by atoms with Gasteiger partial charge in [0.25, 0.3) is 0 Å². The average molecular weight is 250 g/mol. The monoisotopic (exact) mass is 250 g/mol. The number of nitrogens with zero attached hydrogens (tertiary/aromatic N) is 3. The van der Waals surface area contributed by atoms with Gasteiger partial charge in [-0.25, -0.2) is 9.50 Å². The Hall–Kier alpha value is -2.36. The number of anilines is 1. The number of aryl methyl sites for hydroxylation is 1. The summed E-state index contributed by atoms with van der Waals surface area (Å²) in [5, 5.41) is 7.80. The first-order chi connectivity index (χ1) is 9.42. The molecule has 3 aromatic rings. The second kappa shape index (κ2) is 4.09. The molecular weight excluding hydrogens is 236 g/mol. The summed E-state index contributed by atoms with van der Waals surface area (Å²) in [5.74, 6) is 1.01. The van der Waals surface area contributed by atoms with Gasteiger partial charge in [0, 0.05) is 23.9 Å². The number of nitrogens with one attached hydrogen (secondary N) is 1. The molecule has 2 aromatic heterocycles. The van der Waals surface area contributed by atoms with Gasteiger partial charge in [0.1, 0.15) is 5.82 Å². The lowest BCUT2D eigenvalue weighted by molar-refractivity contribution is 0.795. The van der Waals surface area contributed by atoms with Gasteiger partial charge in [-0.05, 0) is 18.4 Å². The normalized spacial score (nSPS) is 14.1. The van der Waals surface area contributed by atoms with E-state index in [0.717, 1.165) is 42.0 Å². The average Bonchev–Trinajstić information content (AvgIpc) is 2.88. The van der Waals surface area contributed by atoms with Crippen LogP contribution in [-0.4, -0.2) is 21.1 Å². The third kappa shape index (κ3) is 1.68. The van der Waals surface area contributed by atoms with Crippen molar-refractivity contribution < 1.29 is 0 Å². The Morgan fingerprint density at radius 1 is 1.16 bits per heavy atom. The highest BCUT2D eigenvalue weighted by Crippen LogP contribution is 2.26. The zero-order valence-electron chi connectivity index (χ0n) is 10.5. The van der Waals surface area contributed by atoms with E-state index in [1.807, 2.05) is 28.9 Å². The van der Waals surface area contributed by atoms with Crippen molar-refractivity contribution in [1.29, 1.82) is 0 Å². The summed E-state index contributed by atoms with van der Waals surface area (Å²) in [6.45, 7) is 1.00. The molecule has 3 heterocycles. The summed E-state index contributed by atoms with van der Waals surface area (Å²) < 4.78 is 1.88. The second-order valence-electron chi connectivity index (χ2n) is 4.84. The van der Waals surface area contributed by atoms with Gasteiger partial charge in [-0.2, -0.15) is 5.10 Å². The highest BCUT2D eigenvalue weighted by Gasteiger charge is 2.14.